The van der Waals surface area contributed by atoms with Gasteiger partial charge in [-0.3, -0.25) is 0 Å². The van der Waals surface area contributed by atoms with Gasteiger partial charge in [-0.15, -0.1) is 0 Å². The lowest BCUT2D eigenvalue weighted by atomic mass is 10.1. The van der Waals surface area contributed by atoms with Gasteiger partial charge in [-0.1, -0.05) is 29.8 Å². The molecule has 0 heterocycles. The zero-order valence-corrected chi connectivity index (χ0v) is 10.7. The summed E-state index contributed by atoms with van der Waals surface area (Å²) in [6.45, 7) is 0. The Morgan fingerprint density at radius 1 is 1.07 bits per heavy atom. The number of phenolic OH excluding ortho intramolecular Hbond substituents is 1. The van der Waals surface area contributed by atoms with E-state index in [4.69, 9.17) is 11.6 Å². The number of aromatic hydroxyl groups is 1. The maximum absolute atomic E-state index is 9.75. The van der Waals surface area contributed by atoms with Crippen LogP contribution in [-0.2, 0) is 0 Å². The van der Waals surface area contributed by atoms with Crippen molar-refractivity contribution in [3.05, 3.63) is 51.1 Å². The summed E-state index contributed by atoms with van der Waals surface area (Å²) in [4.78, 5) is 0. The van der Waals surface area contributed by atoms with E-state index in [1.807, 2.05) is 24.3 Å². The highest BCUT2D eigenvalue weighted by molar-refractivity contribution is 14.1. The van der Waals surface area contributed by atoms with E-state index in [1.54, 1.807) is 18.2 Å². The van der Waals surface area contributed by atoms with Crippen molar-refractivity contribution in [3.63, 3.8) is 0 Å². The zero-order valence-electron chi connectivity index (χ0n) is 7.74. The molecule has 0 saturated carbocycles. The van der Waals surface area contributed by atoms with Crippen molar-refractivity contribution < 1.29 is 5.11 Å². The van der Waals surface area contributed by atoms with E-state index in [1.165, 1.54) is 0 Å². The third-order valence-corrected chi connectivity index (χ3v) is 3.09. The van der Waals surface area contributed by atoms with E-state index in [2.05, 4.69) is 22.6 Å². The molecule has 0 radical (unpaired) electrons. The van der Waals surface area contributed by atoms with Crippen LogP contribution in [0.2, 0.25) is 5.02 Å². The van der Waals surface area contributed by atoms with Crippen LogP contribution in [0.5, 0.6) is 5.75 Å². The first-order valence-electron chi connectivity index (χ1n) is 4.42. The second kappa shape index (κ2) is 4.41. The van der Waals surface area contributed by atoms with Gasteiger partial charge < -0.3 is 5.11 Å². The predicted molar refractivity (Wildman–Crippen MR) is 71.3 cm³/mol. The van der Waals surface area contributed by atoms with Crippen molar-refractivity contribution in [2.45, 2.75) is 0 Å². The smallest absolute Gasteiger partial charge is 0.124 e. The Bertz CT molecular complexity index is 476. The third-order valence-electron chi connectivity index (χ3n) is 2.10. The summed E-state index contributed by atoms with van der Waals surface area (Å²) in [5.41, 5.74) is 1.63. The van der Waals surface area contributed by atoms with Gasteiger partial charge in [-0.05, 0) is 52.4 Å². The molecule has 2 rings (SSSR count). The van der Waals surface area contributed by atoms with Crippen LogP contribution >= 0.6 is 34.2 Å². The maximum Gasteiger partial charge on any atom is 0.124 e. The number of benzene rings is 2. The Balaban J connectivity index is 2.63. The molecule has 0 saturated heterocycles. The van der Waals surface area contributed by atoms with E-state index in [0.717, 1.165) is 9.13 Å². The average Bonchev–Trinajstić information content (AvgIpc) is 2.17. The molecule has 0 amide bonds. The van der Waals surface area contributed by atoms with Crippen molar-refractivity contribution in [1.29, 1.82) is 0 Å². The fourth-order valence-electron chi connectivity index (χ4n) is 1.44. The molecule has 0 aromatic heterocycles. The number of hydrogen-bond acceptors (Lipinski definition) is 1. The van der Waals surface area contributed by atoms with Crippen LogP contribution in [-0.4, -0.2) is 5.11 Å². The van der Waals surface area contributed by atoms with Gasteiger partial charge in [0.15, 0.2) is 0 Å². The van der Waals surface area contributed by atoms with Crippen LogP contribution in [0.1, 0.15) is 0 Å². The number of halogens is 2. The van der Waals surface area contributed by atoms with Gasteiger partial charge >= 0.3 is 0 Å². The van der Waals surface area contributed by atoms with Gasteiger partial charge in [-0.2, -0.15) is 0 Å². The molecule has 0 aliphatic carbocycles. The molecule has 0 spiro atoms. The average molecular weight is 331 g/mol. The van der Waals surface area contributed by atoms with Crippen LogP contribution in [0, 0.1) is 3.57 Å². The molecule has 2 aromatic rings. The minimum absolute atomic E-state index is 0.213. The Labute approximate surface area is 107 Å². The monoisotopic (exact) mass is 330 g/mol. The van der Waals surface area contributed by atoms with Gasteiger partial charge in [0.2, 0.25) is 0 Å². The lowest BCUT2D eigenvalue weighted by Gasteiger charge is -2.07. The maximum atomic E-state index is 9.75. The molecule has 1 N–H and O–H groups in total. The second-order valence-electron chi connectivity index (χ2n) is 3.14. The third kappa shape index (κ3) is 2.26. The first-order valence-corrected chi connectivity index (χ1v) is 5.87. The highest BCUT2D eigenvalue weighted by atomic mass is 127. The lowest BCUT2D eigenvalue weighted by molar-refractivity contribution is 0.477. The van der Waals surface area contributed by atoms with Crippen LogP contribution < -0.4 is 0 Å². The summed E-state index contributed by atoms with van der Waals surface area (Å²) >= 11 is 8.28. The van der Waals surface area contributed by atoms with E-state index >= 15 is 0 Å². The molecular formula is C12H8ClIO. The molecule has 0 unspecified atom stereocenters. The van der Waals surface area contributed by atoms with Gasteiger partial charge in [0.05, 0.1) is 5.02 Å². The Morgan fingerprint density at radius 2 is 1.80 bits per heavy atom. The molecular weight excluding hydrogens is 322 g/mol. The first-order chi connectivity index (χ1) is 7.18. The van der Waals surface area contributed by atoms with Gasteiger partial charge in [0.1, 0.15) is 5.75 Å². The summed E-state index contributed by atoms with van der Waals surface area (Å²) in [5, 5.41) is 10.3. The molecule has 0 atom stereocenters. The van der Waals surface area contributed by atoms with Crippen LogP contribution in [0.4, 0.5) is 0 Å². The Hall–Kier alpha value is -0.740. The summed E-state index contributed by atoms with van der Waals surface area (Å²) in [7, 11) is 0. The highest BCUT2D eigenvalue weighted by Crippen LogP contribution is 2.35. The van der Waals surface area contributed by atoms with Crippen molar-refractivity contribution in [3.8, 4) is 16.9 Å². The molecule has 3 heteroatoms. The van der Waals surface area contributed by atoms with Gasteiger partial charge in [-0.25, -0.2) is 0 Å². The Kier molecular flexibility index (Phi) is 3.17. The fourth-order valence-corrected chi connectivity index (χ4v) is 2.26. The number of rotatable bonds is 1. The van der Waals surface area contributed by atoms with E-state index < -0.39 is 0 Å². The predicted octanol–water partition coefficient (Wildman–Crippen LogP) is 4.32. The SMILES string of the molecule is Oc1cccc(Cl)c1-c1cccc(I)c1. The molecule has 0 fully saturated rings. The molecule has 0 bridgehead atoms. The fraction of sp³-hybridized carbons (Fsp3) is 0. The highest BCUT2D eigenvalue weighted by Gasteiger charge is 2.08. The minimum atomic E-state index is 0.213. The van der Waals surface area contributed by atoms with Crippen molar-refractivity contribution in [1.82, 2.24) is 0 Å². The zero-order chi connectivity index (χ0) is 10.8. The van der Waals surface area contributed by atoms with E-state index in [-0.39, 0.29) is 5.75 Å². The first kappa shape index (κ1) is 10.8. The lowest BCUT2D eigenvalue weighted by Crippen LogP contribution is -1.81. The normalized spacial score (nSPS) is 10.3. The van der Waals surface area contributed by atoms with Gasteiger partial charge in [0, 0.05) is 9.13 Å². The topological polar surface area (TPSA) is 20.2 Å². The van der Waals surface area contributed by atoms with E-state index in [9.17, 15) is 5.11 Å². The number of hydrogen-bond donors (Lipinski definition) is 1. The molecule has 2 aromatic carbocycles. The Morgan fingerprint density at radius 3 is 2.47 bits per heavy atom. The van der Waals surface area contributed by atoms with Gasteiger partial charge in [0.25, 0.3) is 0 Å². The molecule has 15 heavy (non-hydrogen) atoms. The van der Waals surface area contributed by atoms with Crippen molar-refractivity contribution in [2.75, 3.05) is 0 Å². The molecule has 76 valence electrons. The second-order valence-corrected chi connectivity index (χ2v) is 4.80. The quantitative estimate of drug-likeness (QED) is 0.772. The van der Waals surface area contributed by atoms with Crippen LogP contribution in [0.25, 0.3) is 11.1 Å². The summed E-state index contributed by atoms with van der Waals surface area (Å²) in [5.74, 6) is 0.213. The molecule has 1 nitrogen and oxygen atoms in total. The number of phenols is 1. The largest absolute Gasteiger partial charge is 0.507 e. The van der Waals surface area contributed by atoms with Crippen molar-refractivity contribution >= 4 is 34.2 Å². The standard InChI is InChI=1S/C12H8ClIO/c13-10-5-2-6-11(15)12(10)8-3-1-4-9(14)7-8/h1-7,15H. The van der Waals surface area contributed by atoms with Crippen LogP contribution in [0.3, 0.4) is 0 Å². The molecule has 0 aliphatic rings. The summed E-state index contributed by atoms with van der Waals surface area (Å²) < 4.78 is 1.12. The minimum Gasteiger partial charge on any atom is -0.507 e. The molecule has 0 aliphatic heterocycles. The van der Waals surface area contributed by atoms with Crippen LogP contribution in [0.15, 0.2) is 42.5 Å². The summed E-state index contributed by atoms with van der Waals surface area (Å²) in [6.07, 6.45) is 0. The summed E-state index contributed by atoms with van der Waals surface area (Å²) in [6, 6.07) is 13.0. The van der Waals surface area contributed by atoms with Crippen molar-refractivity contribution in [2.24, 2.45) is 0 Å². The van der Waals surface area contributed by atoms with E-state index in [0.29, 0.717) is 10.6 Å².